The van der Waals surface area contributed by atoms with Gasteiger partial charge in [-0.15, -0.1) is 0 Å². The van der Waals surface area contributed by atoms with Gasteiger partial charge in [0.25, 0.3) is 0 Å². The molecule has 1 atom stereocenters. The van der Waals surface area contributed by atoms with Crippen molar-refractivity contribution in [1.82, 2.24) is 0 Å². The molecular formula is C10H6F6O3. The lowest BCUT2D eigenvalue weighted by molar-refractivity contribution is -0.164. The van der Waals surface area contributed by atoms with Crippen molar-refractivity contribution in [3.63, 3.8) is 0 Å². The molecule has 0 saturated carbocycles. The molecule has 0 aliphatic rings. The number of aliphatic carboxylic acids is 1. The topological polar surface area (TPSA) is 57.5 Å². The van der Waals surface area contributed by atoms with Crippen molar-refractivity contribution < 1.29 is 41.4 Å². The van der Waals surface area contributed by atoms with Gasteiger partial charge in [0.1, 0.15) is 0 Å². The number of hydrogen-bond acceptors (Lipinski definition) is 2. The molecule has 9 heteroatoms. The van der Waals surface area contributed by atoms with E-state index in [-0.39, 0.29) is 6.07 Å². The van der Waals surface area contributed by atoms with Crippen LogP contribution in [0.15, 0.2) is 18.2 Å². The van der Waals surface area contributed by atoms with E-state index in [2.05, 4.69) is 0 Å². The maximum Gasteiger partial charge on any atom is 0.417 e. The normalized spacial score (nSPS) is 14.3. The smallest absolute Gasteiger partial charge is 0.417 e. The number of alkyl halides is 6. The van der Waals surface area contributed by atoms with Crippen molar-refractivity contribution in [2.45, 2.75) is 18.5 Å². The summed E-state index contributed by atoms with van der Waals surface area (Å²) in [6.07, 6.45) is -13.5. The van der Waals surface area contributed by atoms with E-state index in [1.807, 2.05) is 0 Å². The Morgan fingerprint density at radius 3 is 1.95 bits per heavy atom. The fraction of sp³-hybridized carbons (Fsp3) is 0.300. The van der Waals surface area contributed by atoms with E-state index in [4.69, 9.17) is 10.2 Å². The zero-order valence-corrected chi connectivity index (χ0v) is 8.88. The first-order valence-electron chi connectivity index (χ1n) is 4.64. The van der Waals surface area contributed by atoms with Gasteiger partial charge in [-0.2, -0.15) is 26.3 Å². The number of aliphatic hydroxyl groups excluding tert-OH is 1. The first kappa shape index (κ1) is 15.3. The lowest BCUT2D eigenvalue weighted by atomic mass is 9.96. The van der Waals surface area contributed by atoms with Gasteiger partial charge in [-0.05, 0) is 6.07 Å². The molecule has 0 aliphatic carbocycles. The molecule has 1 aromatic carbocycles. The van der Waals surface area contributed by atoms with Crippen molar-refractivity contribution in [2.24, 2.45) is 0 Å². The summed E-state index contributed by atoms with van der Waals surface area (Å²) >= 11 is 0. The van der Waals surface area contributed by atoms with Crippen LogP contribution in [0.2, 0.25) is 0 Å². The molecule has 0 unspecified atom stereocenters. The Balaban J connectivity index is 3.62. The summed E-state index contributed by atoms with van der Waals surface area (Å²) in [6.45, 7) is 0. The summed E-state index contributed by atoms with van der Waals surface area (Å²) < 4.78 is 75.5. The zero-order valence-electron chi connectivity index (χ0n) is 8.88. The van der Waals surface area contributed by atoms with E-state index < -0.39 is 41.1 Å². The van der Waals surface area contributed by atoms with Crippen LogP contribution in [0.1, 0.15) is 22.8 Å². The molecule has 106 valence electrons. The summed E-state index contributed by atoms with van der Waals surface area (Å²) in [7, 11) is 0. The Kier molecular flexibility index (Phi) is 3.80. The molecular weight excluding hydrogens is 282 g/mol. The summed E-state index contributed by atoms with van der Waals surface area (Å²) in [6, 6.07) is 1.25. The second kappa shape index (κ2) is 4.72. The summed E-state index contributed by atoms with van der Waals surface area (Å²) in [5.41, 5.74) is -5.59. The highest BCUT2D eigenvalue weighted by molar-refractivity contribution is 5.75. The van der Waals surface area contributed by atoms with Gasteiger partial charge in [0.2, 0.25) is 0 Å². The van der Waals surface area contributed by atoms with E-state index >= 15 is 0 Å². The van der Waals surface area contributed by atoms with Gasteiger partial charge < -0.3 is 10.2 Å². The number of carboxylic acids is 1. The predicted octanol–water partition coefficient (Wildman–Crippen LogP) is 2.84. The molecule has 0 heterocycles. The van der Waals surface area contributed by atoms with Crippen LogP contribution in [-0.4, -0.2) is 16.2 Å². The summed E-state index contributed by atoms with van der Waals surface area (Å²) in [4.78, 5) is 10.4. The van der Waals surface area contributed by atoms with Crippen LogP contribution in [0.5, 0.6) is 0 Å². The predicted molar refractivity (Wildman–Crippen MR) is 49.0 cm³/mol. The number of carbonyl (C=O) groups is 1. The largest absolute Gasteiger partial charge is 0.479 e. The summed E-state index contributed by atoms with van der Waals surface area (Å²) in [5, 5.41) is 17.5. The van der Waals surface area contributed by atoms with Gasteiger partial charge in [-0.3, -0.25) is 0 Å². The van der Waals surface area contributed by atoms with Gasteiger partial charge in [0.05, 0.1) is 11.1 Å². The van der Waals surface area contributed by atoms with Crippen LogP contribution in [0.25, 0.3) is 0 Å². The number of halogens is 6. The van der Waals surface area contributed by atoms with Crippen molar-refractivity contribution in [1.29, 1.82) is 0 Å². The Morgan fingerprint density at radius 1 is 1.05 bits per heavy atom. The maximum absolute atomic E-state index is 12.7. The molecule has 1 aromatic rings. The zero-order chi connectivity index (χ0) is 15.0. The lowest BCUT2D eigenvalue weighted by Gasteiger charge is -2.20. The van der Waals surface area contributed by atoms with Gasteiger partial charge in [-0.1, -0.05) is 12.1 Å². The van der Waals surface area contributed by atoms with E-state index in [0.29, 0.717) is 12.1 Å². The minimum Gasteiger partial charge on any atom is -0.479 e. The molecule has 0 amide bonds. The van der Waals surface area contributed by atoms with Crippen molar-refractivity contribution >= 4 is 5.97 Å². The third kappa shape index (κ3) is 3.16. The number of hydrogen-bond donors (Lipinski definition) is 2. The van der Waals surface area contributed by atoms with Gasteiger partial charge in [0.15, 0.2) is 6.10 Å². The summed E-state index contributed by atoms with van der Waals surface area (Å²) in [5.74, 6) is -2.08. The molecule has 3 nitrogen and oxygen atoms in total. The molecule has 0 fully saturated rings. The van der Waals surface area contributed by atoms with Gasteiger partial charge in [0, 0.05) is 5.56 Å². The molecule has 0 aliphatic heterocycles. The third-order valence-electron chi connectivity index (χ3n) is 2.21. The van der Waals surface area contributed by atoms with E-state index in [1.54, 1.807) is 0 Å². The fourth-order valence-electron chi connectivity index (χ4n) is 1.48. The number of benzene rings is 1. The van der Waals surface area contributed by atoms with Crippen molar-refractivity contribution in [3.05, 3.63) is 34.9 Å². The molecule has 1 rings (SSSR count). The number of rotatable bonds is 2. The standard InChI is InChI=1S/C10H6F6O3/c11-9(12,13)5-3-1-2-4(7(17)8(18)19)6(5)10(14,15)16/h1-3,7,17H,(H,18,19)/t7-/m1/s1. The van der Waals surface area contributed by atoms with Crippen LogP contribution >= 0.6 is 0 Å². The first-order chi connectivity index (χ1) is 8.46. The Bertz CT molecular complexity index is 491. The minimum atomic E-state index is -5.45. The van der Waals surface area contributed by atoms with Crippen LogP contribution in [0, 0.1) is 0 Å². The Labute approximate surface area is 102 Å². The molecule has 0 spiro atoms. The monoisotopic (exact) mass is 288 g/mol. The molecule has 0 aromatic heterocycles. The highest BCUT2D eigenvalue weighted by Gasteiger charge is 2.46. The molecule has 0 bridgehead atoms. The maximum atomic E-state index is 12.7. The number of aliphatic hydroxyl groups is 1. The van der Waals surface area contributed by atoms with E-state index in [0.717, 1.165) is 0 Å². The SMILES string of the molecule is O=C(O)[C@H](O)c1cccc(C(F)(F)F)c1C(F)(F)F. The lowest BCUT2D eigenvalue weighted by Crippen LogP contribution is -2.22. The van der Waals surface area contributed by atoms with Crippen molar-refractivity contribution in [3.8, 4) is 0 Å². The molecule has 0 radical (unpaired) electrons. The average Bonchev–Trinajstić information content (AvgIpc) is 2.24. The Morgan fingerprint density at radius 2 is 1.58 bits per heavy atom. The van der Waals surface area contributed by atoms with Gasteiger partial charge >= 0.3 is 18.3 Å². The molecule has 19 heavy (non-hydrogen) atoms. The van der Waals surface area contributed by atoms with Gasteiger partial charge in [-0.25, -0.2) is 4.79 Å². The van der Waals surface area contributed by atoms with Crippen LogP contribution in [-0.2, 0) is 17.1 Å². The number of carboxylic acid groups (broad SMARTS) is 1. The average molecular weight is 288 g/mol. The molecule has 2 N–H and O–H groups in total. The van der Waals surface area contributed by atoms with Crippen LogP contribution in [0.3, 0.4) is 0 Å². The second-order valence-corrected chi connectivity index (χ2v) is 3.51. The highest BCUT2D eigenvalue weighted by Crippen LogP contribution is 2.43. The highest BCUT2D eigenvalue weighted by atomic mass is 19.4. The van der Waals surface area contributed by atoms with Crippen LogP contribution in [0.4, 0.5) is 26.3 Å². The minimum absolute atomic E-state index is 0.168. The third-order valence-corrected chi connectivity index (χ3v) is 2.21. The van der Waals surface area contributed by atoms with Crippen LogP contribution < -0.4 is 0 Å². The molecule has 0 saturated heterocycles. The Hall–Kier alpha value is -1.77. The second-order valence-electron chi connectivity index (χ2n) is 3.51. The van der Waals surface area contributed by atoms with E-state index in [9.17, 15) is 31.1 Å². The first-order valence-corrected chi connectivity index (χ1v) is 4.64. The van der Waals surface area contributed by atoms with E-state index in [1.165, 1.54) is 0 Å². The van der Waals surface area contributed by atoms with Crippen molar-refractivity contribution in [2.75, 3.05) is 0 Å². The quantitative estimate of drug-likeness (QED) is 0.823. The fourth-order valence-corrected chi connectivity index (χ4v) is 1.48.